The summed E-state index contributed by atoms with van der Waals surface area (Å²) in [6.45, 7) is 1.24. The summed E-state index contributed by atoms with van der Waals surface area (Å²) >= 11 is 0. The highest BCUT2D eigenvalue weighted by Crippen LogP contribution is 2.46. The van der Waals surface area contributed by atoms with Crippen LogP contribution in [-0.2, 0) is 15.0 Å². The molecule has 0 radical (unpaired) electrons. The Morgan fingerprint density at radius 3 is 2.95 bits per heavy atom. The van der Waals surface area contributed by atoms with Gasteiger partial charge in [-0.25, -0.2) is 0 Å². The quantitative estimate of drug-likeness (QED) is 0.774. The Bertz CT molecular complexity index is 609. The molecule has 5 heteroatoms. The van der Waals surface area contributed by atoms with Gasteiger partial charge in [0.05, 0.1) is 0 Å². The number of benzene rings is 1. The van der Waals surface area contributed by atoms with Crippen LogP contribution in [0.3, 0.4) is 0 Å². The summed E-state index contributed by atoms with van der Waals surface area (Å²) in [4.78, 5) is 23.8. The zero-order valence-electron chi connectivity index (χ0n) is 11.2. The molecule has 1 aliphatic carbocycles. The van der Waals surface area contributed by atoms with Gasteiger partial charge in [0.15, 0.2) is 0 Å². The van der Waals surface area contributed by atoms with Crippen molar-refractivity contribution in [3.8, 4) is 0 Å². The monoisotopic (exact) mass is 271 g/mol. The SMILES string of the molecule is O=C1CC2(CNC(=O)C3CC3)CNc3cccc(c32)N1. The van der Waals surface area contributed by atoms with Crippen LogP contribution >= 0.6 is 0 Å². The highest BCUT2D eigenvalue weighted by atomic mass is 16.2. The van der Waals surface area contributed by atoms with E-state index in [1.807, 2.05) is 18.2 Å². The summed E-state index contributed by atoms with van der Waals surface area (Å²) < 4.78 is 0. The second kappa shape index (κ2) is 3.98. The smallest absolute Gasteiger partial charge is 0.225 e. The molecule has 20 heavy (non-hydrogen) atoms. The Hall–Kier alpha value is -2.04. The summed E-state index contributed by atoms with van der Waals surface area (Å²) in [6.07, 6.45) is 2.42. The molecule has 3 N–H and O–H groups in total. The van der Waals surface area contributed by atoms with E-state index in [9.17, 15) is 9.59 Å². The lowest BCUT2D eigenvalue weighted by atomic mass is 9.76. The fourth-order valence-corrected chi connectivity index (χ4v) is 3.34. The third kappa shape index (κ3) is 1.69. The van der Waals surface area contributed by atoms with E-state index >= 15 is 0 Å². The van der Waals surface area contributed by atoms with Crippen LogP contribution in [0, 0.1) is 5.92 Å². The molecule has 104 valence electrons. The van der Waals surface area contributed by atoms with Crippen molar-refractivity contribution in [2.45, 2.75) is 24.7 Å². The molecule has 2 amide bonds. The lowest BCUT2D eigenvalue weighted by molar-refractivity contribution is -0.123. The number of hydrogen-bond donors (Lipinski definition) is 3. The molecule has 2 aliphatic heterocycles. The molecule has 0 aromatic heterocycles. The van der Waals surface area contributed by atoms with Crippen LogP contribution in [0.1, 0.15) is 24.8 Å². The zero-order valence-corrected chi connectivity index (χ0v) is 11.2. The molecular weight excluding hydrogens is 254 g/mol. The number of nitrogens with one attached hydrogen (secondary N) is 3. The number of rotatable bonds is 3. The van der Waals surface area contributed by atoms with Gasteiger partial charge in [-0.1, -0.05) is 6.07 Å². The number of hydrogen-bond acceptors (Lipinski definition) is 3. The molecule has 0 bridgehead atoms. The van der Waals surface area contributed by atoms with Crippen molar-refractivity contribution < 1.29 is 9.59 Å². The second-order valence-electron chi connectivity index (χ2n) is 6.08. The van der Waals surface area contributed by atoms with Crippen molar-refractivity contribution in [3.63, 3.8) is 0 Å². The Labute approximate surface area is 117 Å². The van der Waals surface area contributed by atoms with Gasteiger partial charge in [-0.2, -0.15) is 0 Å². The van der Waals surface area contributed by atoms with E-state index in [0.717, 1.165) is 29.8 Å². The van der Waals surface area contributed by atoms with Crippen LogP contribution in [0.2, 0.25) is 0 Å². The minimum absolute atomic E-state index is 0.0269. The van der Waals surface area contributed by atoms with Gasteiger partial charge >= 0.3 is 0 Å². The van der Waals surface area contributed by atoms with E-state index in [0.29, 0.717) is 19.5 Å². The minimum Gasteiger partial charge on any atom is -0.384 e. The molecule has 1 aromatic carbocycles. The third-order valence-electron chi connectivity index (χ3n) is 4.53. The van der Waals surface area contributed by atoms with Crippen LogP contribution in [0.5, 0.6) is 0 Å². The maximum absolute atomic E-state index is 12.0. The molecule has 1 aromatic rings. The van der Waals surface area contributed by atoms with E-state index in [1.165, 1.54) is 0 Å². The molecule has 2 heterocycles. The van der Waals surface area contributed by atoms with E-state index in [-0.39, 0.29) is 23.1 Å². The highest BCUT2D eigenvalue weighted by molar-refractivity contribution is 5.98. The lowest BCUT2D eigenvalue weighted by Gasteiger charge is -2.34. The Morgan fingerprint density at radius 2 is 2.15 bits per heavy atom. The summed E-state index contributed by atoms with van der Waals surface area (Å²) in [5.41, 5.74) is 2.81. The van der Waals surface area contributed by atoms with Crippen molar-refractivity contribution in [2.24, 2.45) is 5.92 Å². The predicted octanol–water partition coefficient (Wildman–Crippen LogP) is 1.22. The molecule has 5 nitrogen and oxygen atoms in total. The topological polar surface area (TPSA) is 70.2 Å². The molecule has 4 rings (SSSR count). The van der Waals surface area contributed by atoms with Gasteiger partial charge in [0.2, 0.25) is 11.8 Å². The van der Waals surface area contributed by atoms with Gasteiger partial charge in [0.25, 0.3) is 0 Å². The first-order valence-corrected chi connectivity index (χ1v) is 7.13. The van der Waals surface area contributed by atoms with Crippen LogP contribution < -0.4 is 16.0 Å². The second-order valence-corrected chi connectivity index (χ2v) is 6.08. The van der Waals surface area contributed by atoms with Crippen LogP contribution in [0.15, 0.2) is 18.2 Å². The van der Waals surface area contributed by atoms with Crippen molar-refractivity contribution >= 4 is 23.2 Å². The van der Waals surface area contributed by atoms with Gasteiger partial charge in [0.1, 0.15) is 0 Å². The van der Waals surface area contributed by atoms with Gasteiger partial charge in [-0.15, -0.1) is 0 Å². The molecule has 0 saturated heterocycles. The summed E-state index contributed by atoms with van der Waals surface area (Å²) in [7, 11) is 0. The molecule has 0 spiro atoms. The van der Waals surface area contributed by atoms with Crippen molar-refractivity contribution in [1.29, 1.82) is 0 Å². The van der Waals surface area contributed by atoms with Crippen molar-refractivity contribution in [1.82, 2.24) is 5.32 Å². The number of carbonyl (C=O) groups is 2. The first-order chi connectivity index (χ1) is 9.68. The summed E-state index contributed by atoms with van der Waals surface area (Å²) in [5.74, 6) is 0.364. The predicted molar refractivity (Wildman–Crippen MR) is 75.6 cm³/mol. The van der Waals surface area contributed by atoms with Gasteiger partial charge < -0.3 is 16.0 Å². The number of amides is 2. The van der Waals surface area contributed by atoms with E-state index in [4.69, 9.17) is 0 Å². The van der Waals surface area contributed by atoms with E-state index in [1.54, 1.807) is 0 Å². The third-order valence-corrected chi connectivity index (χ3v) is 4.53. The molecule has 1 unspecified atom stereocenters. The van der Waals surface area contributed by atoms with Crippen molar-refractivity contribution in [2.75, 3.05) is 23.7 Å². The normalized spacial score (nSPS) is 26.5. The fraction of sp³-hybridized carbons (Fsp3) is 0.467. The first kappa shape index (κ1) is 11.8. The lowest BCUT2D eigenvalue weighted by Crippen LogP contribution is -2.47. The van der Waals surface area contributed by atoms with E-state index < -0.39 is 0 Å². The van der Waals surface area contributed by atoms with Crippen LogP contribution in [-0.4, -0.2) is 24.9 Å². The van der Waals surface area contributed by atoms with Gasteiger partial charge in [-0.3, -0.25) is 9.59 Å². The van der Waals surface area contributed by atoms with Crippen molar-refractivity contribution in [3.05, 3.63) is 23.8 Å². The Kier molecular flexibility index (Phi) is 2.34. The maximum atomic E-state index is 12.0. The molecule has 1 fully saturated rings. The average molecular weight is 271 g/mol. The largest absolute Gasteiger partial charge is 0.384 e. The molecule has 1 atom stereocenters. The van der Waals surface area contributed by atoms with Crippen LogP contribution in [0.25, 0.3) is 0 Å². The highest BCUT2D eigenvalue weighted by Gasteiger charge is 2.46. The minimum atomic E-state index is -0.293. The fourth-order valence-electron chi connectivity index (χ4n) is 3.34. The maximum Gasteiger partial charge on any atom is 0.225 e. The average Bonchev–Trinajstić information content (AvgIpc) is 3.21. The summed E-state index contributed by atoms with van der Waals surface area (Å²) in [5, 5.41) is 9.34. The van der Waals surface area contributed by atoms with Gasteiger partial charge in [0, 0.05) is 47.8 Å². The number of carbonyl (C=O) groups excluding carboxylic acids is 2. The Morgan fingerprint density at radius 1 is 1.35 bits per heavy atom. The van der Waals surface area contributed by atoms with E-state index in [2.05, 4.69) is 16.0 Å². The molecule has 3 aliphatic rings. The Balaban J connectivity index is 1.66. The zero-order chi connectivity index (χ0) is 13.7. The van der Waals surface area contributed by atoms with Gasteiger partial charge in [-0.05, 0) is 25.0 Å². The summed E-state index contributed by atoms with van der Waals surface area (Å²) in [6, 6.07) is 5.90. The molecular formula is C15H17N3O2. The number of anilines is 2. The standard InChI is InChI=1S/C15H17N3O2/c19-12-6-15(8-17-14(20)9-4-5-9)7-16-10-2-1-3-11(18-12)13(10)15/h1-3,9,16H,4-8H2,(H,17,20)(H,18,19). The first-order valence-electron chi connectivity index (χ1n) is 7.13. The molecule has 1 saturated carbocycles. The van der Waals surface area contributed by atoms with Crippen LogP contribution in [0.4, 0.5) is 11.4 Å².